The van der Waals surface area contributed by atoms with Gasteiger partial charge in [-0.25, -0.2) is 4.39 Å². The average Bonchev–Trinajstić information content (AvgIpc) is 3.24. The van der Waals surface area contributed by atoms with Crippen molar-refractivity contribution in [1.29, 1.82) is 0 Å². The van der Waals surface area contributed by atoms with Gasteiger partial charge in [-0.3, -0.25) is 14.4 Å². The van der Waals surface area contributed by atoms with Crippen LogP contribution in [-0.2, 0) is 20.9 Å². The molecule has 1 heterocycles. The summed E-state index contributed by atoms with van der Waals surface area (Å²) in [5.41, 5.74) is 3.21. The number of aliphatic hydroxyl groups is 6. The molecule has 14 heteroatoms. The molecule has 1 unspecified atom stereocenters. The Hall–Kier alpha value is -4.44. The Morgan fingerprint density at radius 3 is 1.86 bits per heavy atom. The maximum Gasteiger partial charge on any atom is 0.233 e. The summed E-state index contributed by atoms with van der Waals surface area (Å²) in [6, 6.07) is 20.7. The summed E-state index contributed by atoms with van der Waals surface area (Å²) in [6.45, 7) is -0.681. The van der Waals surface area contributed by atoms with Gasteiger partial charge >= 0.3 is 0 Å². The molecule has 0 aliphatic carbocycles. The molecule has 13 nitrogen and oxygen atoms in total. The SMILES string of the molecule is COc1ccc([C@@H]2[C@@H](CC[C@H](O)c3ccc(F)cc3)C(=O)N2c2ccc(CNC(=O)CCCCCCCCCCC(=O)NCC(O)[C@@H](O)[C@H](O)[C@H](O)CO)cc2)cc1. The largest absolute Gasteiger partial charge is 0.497 e. The van der Waals surface area contributed by atoms with Crippen LogP contribution >= 0.6 is 0 Å². The molecule has 4 rings (SSSR count). The van der Waals surface area contributed by atoms with Crippen molar-refractivity contribution in [2.24, 2.45) is 5.92 Å². The molecule has 1 saturated heterocycles. The molecule has 1 aliphatic rings. The minimum Gasteiger partial charge on any atom is -0.497 e. The molecule has 3 amide bonds. The highest BCUT2D eigenvalue weighted by atomic mass is 19.1. The van der Waals surface area contributed by atoms with E-state index in [1.54, 1.807) is 24.1 Å². The van der Waals surface area contributed by atoms with E-state index in [0.29, 0.717) is 43.5 Å². The first kappa shape index (κ1) is 46.3. The van der Waals surface area contributed by atoms with Crippen molar-refractivity contribution < 1.29 is 54.2 Å². The maximum absolute atomic E-state index is 13.6. The van der Waals surface area contributed by atoms with Crippen molar-refractivity contribution >= 4 is 23.4 Å². The van der Waals surface area contributed by atoms with Gasteiger partial charge in [0, 0.05) is 31.6 Å². The van der Waals surface area contributed by atoms with Gasteiger partial charge in [0.1, 0.15) is 29.9 Å². The number of rotatable bonds is 26. The Morgan fingerprint density at radius 2 is 1.29 bits per heavy atom. The van der Waals surface area contributed by atoms with E-state index < -0.39 is 37.1 Å². The van der Waals surface area contributed by atoms with E-state index in [-0.39, 0.29) is 48.5 Å². The second-order valence-electron chi connectivity index (χ2n) is 15.1. The second kappa shape index (κ2) is 23.8. The lowest BCUT2D eigenvalue weighted by Gasteiger charge is -2.48. The number of unbranched alkanes of at least 4 members (excludes halogenated alkanes) is 7. The van der Waals surface area contributed by atoms with E-state index in [1.807, 2.05) is 48.5 Å². The fourth-order valence-corrected chi connectivity index (χ4v) is 7.18. The lowest BCUT2D eigenvalue weighted by molar-refractivity contribution is -0.131. The van der Waals surface area contributed by atoms with Gasteiger partial charge in [-0.05, 0) is 78.8 Å². The van der Waals surface area contributed by atoms with E-state index >= 15 is 0 Å². The molecule has 0 bridgehead atoms. The van der Waals surface area contributed by atoms with Crippen LogP contribution < -0.4 is 20.3 Å². The molecule has 3 aromatic rings. The number of hydrogen-bond acceptors (Lipinski definition) is 10. The third-order valence-corrected chi connectivity index (χ3v) is 10.8. The monoisotopic (exact) mass is 809 g/mol. The van der Waals surface area contributed by atoms with E-state index in [2.05, 4.69) is 10.6 Å². The molecule has 3 aromatic carbocycles. The summed E-state index contributed by atoms with van der Waals surface area (Å²) in [6.07, 6.45) is 1.46. The Kier molecular flexibility index (Phi) is 19.0. The first-order chi connectivity index (χ1) is 27.9. The molecule has 1 aliphatic heterocycles. The zero-order chi connectivity index (χ0) is 42.0. The molecule has 318 valence electrons. The first-order valence-electron chi connectivity index (χ1n) is 20.3. The van der Waals surface area contributed by atoms with Crippen LogP contribution in [0.5, 0.6) is 5.75 Å². The van der Waals surface area contributed by atoms with Crippen molar-refractivity contribution in [1.82, 2.24) is 10.6 Å². The van der Waals surface area contributed by atoms with Crippen molar-refractivity contribution in [3.63, 3.8) is 0 Å². The van der Waals surface area contributed by atoms with E-state index in [1.165, 1.54) is 12.1 Å². The van der Waals surface area contributed by atoms with Gasteiger partial charge < -0.3 is 50.9 Å². The van der Waals surface area contributed by atoms with Crippen LogP contribution in [0.3, 0.4) is 0 Å². The molecule has 0 saturated carbocycles. The predicted molar refractivity (Wildman–Crippen MR) is 216 cm³/mol. The molecule has 58 heavy (non-hydrogen) atoms. The number of β-lactam (4-membered cyclic amide) rings is 1. The maximum atomic E-state index is 13.6. The highest BCUT2D eigenvalue weighted by Gasteiger charge is 2.48. The van der Waals surface area contributed by atoms with Crippen LogP contribution in [0.25, 0.3) is 0 Å². The zero-order valence-corrected chi connectivity index (χ0v) is 33.2. The third-order valence-electron chi connectivity index (χ3n) is 10.8. The average molecular weight is 810 g/mol. The third kappa shape index (κ3) is 13.8. The van der Waals surface area contributed by atoms with Gasteiger partial charge in [0.25, 0.3) is 0 Å². The van der Waals surface area contributed by atoms with Crippen LogP contribution in [0.15, 0.2) is 72.8 Å². The number of anilines is 1. The number of amides is 3. The van der Waals surface area contributed by atoms with E-state index in [0.717, 1.165) is 61.8 Å². The topological polar surface area (TPSA) is 209 Å². The molecule has 0 spiro atoms. The van der Waals surface area contributed by atoms with Gasteiger partial charge in [-0.1, -0.05) is 74.9 Å². The van der Waals surface area contributed by atoms with E-state index in [9.17, 15) is 44.3 Å². The lowest BCUT2D eigenvalue weighted by Crippen LogP contribution is -2.55. The normalized spacial score (nSPS) is 17.8. The second-order valence-corrected chi connectivity index (χ2v) is 15.1. The van der Waals surface area contributed by atoms with Crippen molar-refractivity contribution in [2.45, 2.75) is 120 Å². The summed E-state index contributed by atoms with van der Waals surface area (Å²) in [4.78, 5) is 39.9. The Bertz CT molecular complexity index is 1700. The standard InChI is InChI=1S/C44H60FN3O10/c1-58-34-22-16-31(17-23-34)41-35(24-25-36(50)30-14-18-32(45)19-15-30)44(57)48(41)33-20-12-29(13-21-33)26-46-39(53)10-8-6-4-2-3-5-7-9-11-40(54)47-27-37(51)42(55)43(56)38(52)28-49/h12-23,35-38,41-43,49-52,55-56H,2-11,24-28H2,1H3,(H,46,53)(H,47,54)/t35-,36+,37?,38-,41-,42-,43-/m1/s1. The van der Waals surface area contributed by atoms with Crippen molar-refractivity contribution in [2.75, 3.05) is 25.2 Å². The van der Waals surface area contributed by atoms with Gasteiger partial charge in [0.15, 0.2) is 0 Å². The van der Waals surface area contributed by atoms with Gasteiger partial charge in [0.05, 0.1) is 37.9 Å². The highest BCUT2D eigenvalue weighted by molar-refractivity contribution is 6.03. The van der Waals surface area contributed by atoms with Crippen LogP contribution in [0.1, 0.15) is 106 Å². The summed E-state index contributed by atoms with van der Waals surface area (Å²) in [5.74, 6) is -0.357. The number of nitrogens with one attached hydrogen (secondary N) is 2. The van der Waals surface area contributed by atoms with E-state index in [4.69, 9.17) is 9.84 Å². The minimum atomic E-state index is -1.73. The number of benzene rings is 3. The minimum absolute atomic E-state index is 0.0218. The zero-order valence-electron chi connectivity index (χ0n) is 33.2. The smallest absolute Gasteiger partial charge is 0.233 e. The van der Waals surface area contributed by atoms with Gasteiger partial charge in [0.2, 0.25) is 17.7 Å². The van der Waals surface area contributed by atoms with Gasteiger partial charge in [-0.2, -0.15) is 0 Å². The van der Waals surface area contributed by atoms with Crippen LogP contribution in [0, 0.1) is 11.7 Å². The summed E-state index contributed by atoms with van der Waals surface area (Å²) in [5, 5.41) is 63.8. The molecule has 7 atom stereocenters. The number of methoxy groups -OCH3 is 1. The number of carbonyl (C=O) groups is 3. The summed E-state index contributed by atoms with van der Waals surface area (Å²) < 4.78 is 18.7. The Balaban J connectivity index is 1.10. The molecular weight excluding hydrogens is 749 g/mol. The number of ether oxygens (including phenoxy) is 1. The molecule has 0 radical (unpaired) electrons. The fraction of sp³-hybridized carbons (Fsp3) is 0.523. The molecular formula is C44H60FN3O10. The summed E-state index contributed by atoms with van der Waals surface area (Å²) >= 11 is 0. The molecule has 1 fully saturated rings. The lowest BCUT2D eigenvalue weighted by atomic mass is 9.78. The highest BCUT2D eigenvalue weighted by Crippen LogP contribution is 2.46. The molecule has 8 N–H and O–H groups in total. The summed E-state index contributed by atoms with van der Waals surface area (Å²) in [7, 11) is 1.60. The van der Waals surface area contributed by atoms with Crippen LogP contribution in [0.2, 0.25) is 0 Å². The Morgan fingerprint density at radius 1 is 0.741 bits per heavy atom. The van der Waals surface area contributed by atoms with Crippen molar-refractivity contribution in [3.8, 4) is 5.75 Å². The molecule has 0 aromatic heterocycles. The van der Waals surface area contributed by atoms with Gasteiger partial charge in [-0.15, -0.1) is 0 Å². The first-order valence-corrected chi connectivity index (χ1v) is 20.3. The number of nitrogens with zero attached hydrogens (tertiary/aromatic N) is 1. The Labute approximate surface area is 339 Å². The number of aliphatic hydroxyl groups excluding tert-OH is 6. The van der Waals surface area contributed by atoms with Crippen LogP contribution in [-0.4, -0.2) is 93.0 Å². The number of halogens is 1. The number of carbonyl (C=O) groups excluding carboxylic acids is 3. The van der Waals surface area contributed by atoms with Crippen LogP contribution in [0.4, 0.5) is 10.1 Å². The van der Waals surface area contributed by atoms with Crippen molar-refractivity contribution in [3.05, 3.63) is 95.3 Å². The number of hydrogen-bond donors (Lipinski definition) is 8. The fourth-order valence-electron chi connectivity index (χ4n) is 7.18. The quantitative estimate of drug-likeness (QED) is 0.0430. The predicted octanol–water partition coefficient (Wildman–Crippen LogP) is 4.12.